The van der Waals surface area contributed by atoms with Crippen LogP contribution in [0.1, 0.15) is 28.9 Å². The lowest BCUT2D eigenvalue weighted by Gasteiger charge is -2.23. The maximum atomic E-state index is 12.6. The number of benzene rings is 2. The molecule has 0 saturated carbocycles. The van der Waals surface area contributed by atoms with Gasteiger partial charge < -0.3 is 19.9 Å². The van der Waals surface area contributed by atoms with Crippen LogP contribution in [-0.4, -0.2) is 46.6 Å². The minimum absolute atomic E-state index is 0.103. The first kappa shape index (κ1) is 20.5. The molecule has 144 valence electrons. The molecule has 0 aromatic heterocycles. The van der Waals surface area contributed by atoms with Gasteiger partial charge in [0, 0.05) is 32.3 Å². The van der Waals surface area contributed by atoms with Gasteiger partial charge in [0.05, 0.1) is 26.2 Å². The number of likely N-dealkylation sites (N-methyl/N-ethyl adjacent to an activating group) is 1. The van der Waals surface area contributed by atoms with Crippen molar-refractivity contribution < 1.29 is 19.2 Å². The fourth-order valence-corrected chi connectivity index (χ4v) is 2.85. The number of amides is 1. The molecule has 6 heteroatoms. The average Bonchev–Trinajstić information content (AvgIpc) is 2.61. The highest BCUT2D eigenvalue weighted by Gasteiger charge is 2.21. The maximum Gasteiger partial charge on any atom is 0.308 e. The third kappa shape index (κ3) is 5.56. The van der Waals surface area contributed by atoms with Crippen LogP contribution in [0.5, 0.6) is 5.75 Å². The third-order valence-electron chi connectivity index (χ3n) is 4.36. The van der Waals surface area contributed by atoms with Crippen molar-refractivity contribution in [3.05, 3.63) is 59.7 Å². The first-order valence-corrected chi connectivity index (χ1v) is 8.92. The van der Waals surface area contributed by atoms with Crippen LogP contribution >= 0.6 is 0 Å². The molecule has 2 N–H and O–H groups in total. The molecule has 6 nitrogen and oxygen atoms in total. The quantitative estimate of drug-likeness (QED) is 0.570. The molecule has 0 aliphatic heterocycles. The molecule has 27 heavy (non-hydrogen) atoms. The van der Waals surface area contributed by atoms with E-state index in [0.717, 1.165) is 11.3 Å². The number of rotatable bonds is 7. The van der Waals surface area contributed by atoms with E-state index < -0.39 is 5.97 Å². The average molecular weight is 370 g/mol. The number of esters is 1. The summed E-state index contributed by atoms with van der Waals surface area (Å²) in [4.78, 5) is 27.1. The van der Waals surface area contributed by atoms with Crippen LogP contribution in [0.25, 0.3) is 0 Å². The van der Waals surface area contributed by atoms with E-state index in [1.165, 1.54) is 11.8 Å². The van der Waals surface area contributed by atoms with Gasteiger partial charge >= 0.3 is 5.97 Å². The van der Waals surface area contributed by atoms with Gasteiger partial charge in [-0.05, 0) is 24.3 Å². The van der Waals surface area contributed by atoms with E-state index in [4.69, 9.17) is 4.74 Å². The van der Waals surface area contributed by atoms with Gasteiger partial charge in [-0.1, -0.05) is 24.3 Å². The highest BCUT2D eigenvalue weighted by molar-refractivity contribution is 5.97. The van der Waals surface area contributed by atoms with Crippen LogP contribution in [0.2, 0.25) is 0 Å². The number of hydrogen-bond donors (Lipinski definition) is 2. The first-order valence-electron chi connectivity index (χ1n) is 8.92. The fraction of sp³-hybridized carbons (Fsp3) is 0.333. The van der Waals surface area contributed by atoms with Crippen molar-refractivity contribution in [2.24, 2.45) is 0 Å². The van der Waals surface area contributed by atoms with Crippen LogP contribution in [-0.2, 0) is 4.79 Å². The first-order chi connectivity index (χ1) is 12.8. The second-order valence-electron chi connectivity index (χ2n) is 6.92. The van der Waals surface area contributed by atoms with Crippen molar-refractivity contribution >= 4 is 17.6 Å². The summed E-state index contributed by atoms with van der Waals surface area (Å²) in [6.07, 6.45) is 0. The second-order valence-corrected chi connectivity index (χ2v) is 6.92. The van der Waals surface area contributed by atoms with Crippen molar-refractivity contribution in [3.63, 3.8) is 0 Å². The predicted octanol–water partition coefficient (Wildman–Crippen LogP) is 1.29. The summed E-state index contributed by atoms with van der Waals surface area (Å²) in [5.74, 6) is -0.443. The number of para-hydroxylation sites is 1. The molecular formula is C21H28N3O3+. The van der Waals surface area contributed by atoms with Crippen LogP contribution in [0.4, 0.5) is 5.69 Å². The van der Waals surface area contributed by atoms with Gasteiger partial charge in [0.15, 0.2) is 0 Å². The molecule has 1 amide bonds. The number of nitrogens with one attached hydrogen (secondary N) is 2. The van der Waals surface area contributed by atoms with E-state index >= 15 is 0 Å². The van der Waals surface area contributed by atoms with Crippen molar-refractivity contribution in [1.29, 1.82) is 0 Å². The Morgan fingerprint density at radius 1 is 1.07 bits per heavy atom. The van der Waals surface area contributed by atoms with E-state index in [2.05, 4.69) is 48.6 Å². The Morgan fingerprint density at radius 3 is 2.26 bits per heavy atom. The monoisotopic (exact) mass is 370 g/mol. The highest BCUT2D eigenvalue weighted by atomic mass is 16.5. The molecule has 0 bridgehead atoms. The molecule has 0 saturated heterocycles. The molecule has 2 rings (SSSR count). The number of ether oxygens (including phenoxy) is 1. The normalized spacial score (nSPS) is 11.8. The molecule has 2 aromatic carbocycles. The standard InChI is InChI=1S/C21H27N3O3/c1-15(25)27-20-9-7-6-8-18(20)21(26)22-14-19(24(4)5)16-10-12-17(13-11-16)23(2)3/h6-13,19H,14H2,1-5H3,(H,22,26)/p+1/t19-/m0/s1. The zero-order valence-corrected chi connectivity index (χ0v) is 16.6. The lowest BCUT2D eigenvalue weighted by molar-refractivity contribution is -0.890. The second kappa shape index (κ2) is 9.19. The summed E-state index contributed by atoms with van der Waals surface area (Å²) in [5, 5.41) is 2.97. The van der Waals surface area contributed by atoms with Gasteiger partial charge in [0.1, 0.15) is 11.8 Å². The number of anilines is 1. The van der Waals surface area contributed by atoms with Gasteiger partial charge in [-0.3, -0.25) is 9.59 Å². The van der Waals surface area contributed by atoms with Crippen LogP contribution < -0.4 is 19.9 Å². The number of hydrogen-bond acceptors (Lipinski definition) is 4. The zero-order chi connectivity index (χ0) is 20.0. The lowest BCUT2D eigenvalue weighted by atomic mass is 10.0. The Balaban J connectivity index is 2.12. The predicted molar refractivity (Wildman–Crippen MR) is 106 cm³/mol. The molecule has 2 aromatic rings. The van der Waals surface area contributed by atoms with E-state index in [1.807, 2.05) is 14.1 Å². The Morgan fingerprint density at radius 2 is 1.70 bits per heavy atom. The smallest absolute Gasteiger partial charge is 0.308 e. The Labute approximate surface area is 160 Å². The summed E-state index contributed by atoms with van der Waals surface area (Å²) in [6.45, 7) is 1.79. The Kier molecular flexibility index (Phi) is 6.96. The summed E-state index contributed by atoms with van der Waals surface area (Å²) in [7, 11) is 8.13. The topological polar surface area (TPSA) is 63.1 Å². The van der Waals surface area contributed by atoms with Crippen molar-refractivity contribution in [3.8, 4) is 5.75 Å². The SMILES string of the molecule is CC(=O)Oc1ccccc1C(=O)NC[C@@H](c1ccc(N(C)C)cc1)[NH+](C)C. The van der Waals surface area contributed by atoms with Crippen molar-refractivity contribution in [2.45, 2.75) is 13.0 Å². The Bertz CT molecular complexity index is 786. The molecule has 0 aliphatic rings. The van der Waals surface area contributed by atoms with Gasteiger partial charge in [0.25, 0.3) is 5.91 Å². The summed E-state index contributed by atoms with van der Waals surface area (Å²) in [5.41, 5.74) is 2.63. The van der Waals surface area contributed by atoms with E-state index in [-0.39, 0.29) is 17.7 Å². The minimum atomic E-state index is -0.452. The molecule has 0 spiro atoms. The summed E-state index contributed by atoms with van der Waals surface area (Å²) >= 11 is 0. The zero-order valence-electron chi connectivity index (χ0n) is 16.6. The molecule has 0 heterocycles. The van der Waals surface area contributed by atoms with Crippen molar-refractivity contribution in [2.75, 3.05) is 39.6 Å². The van der Waals surface area contributed by atoms with Gasteiger partial charge in [-0.2, -0.15) is 0 Å². The summed E-state index contributed by atoms with van der Waals surface area (Å²) < 4.78 is 5.13. The largest absolute Gasteiger partial charge is 0.426 e. The Hall–Kier alpha value is -2.86. The number of nitrogens with zero attached hydrogens (tertiary/aromatic N) is 1. The van der Waals surface area contributed by atoms with Crippen LogP contribution in [0.15, 0.2) is 48.5 Å². The summed E-state index contributed by atoms with van der Waals surface area (Å²) in [6, 6.07) is 15.2. The van der Waals surface area contributed by atoms with Gasteiger partial charge in [-0.25, -0.2) is 0 Å². The number of quaternary nitrogens is 1. The van der Waals surface area contributed by atoms with Crippen LogP contribution in [0, 0.1) is 0 Å². The molecule has 0 radical (unpaired) electrons. The van der Waals surface area contributed by atoms with Crippen LogP contribution in [0.3, 0.4) is 0 Å². The molecule has 0 fully saturated rings. The maximum absolute atomic E-state index is 12.6. The van der Waals surface area contributed by atoms with E-state index in [1.54, 1.807) is 24.3 Å². The fourth-order valence-electron chi connectivity index (χ4n) is 2.85. The van der Waals surface area contributed by atoms with E-state index in [0.29, 0.717) is 12.1 Å². The third-order valence-corrected chi connectivity index (χ3v) is 4.36. The minimum Gasteiger partial charge on any atom is -0.426 e. The van der Waals surface area contributed by atoms with Gasteiger partial charge in [0.2, 0.25) is 0 Å². The van der Waals surface area contributed by atoms with E-state index in [9.17, 15) is 9.59 Å². The number of carbonyl (C=O) groups is 2. The molecule has 0 unspecified atom stereocenters. The van der Waals surface area contributed by atoms with Gasteiger partial charge in [-0.15, -0.1) is 0 Å². The molecule has 0 aliphatic carbocycles. The highest BCUT2D eigenvalue weighted by Crippen LogP contribution is 2.19. The van der Waals surface area contributed by atoms with Crippen molar-refractivity contribution in [1.82, 2.24) is 5.32 Å². The lowest BCUT2D eigenvalue weighted by Crippen LogP contribution is -3.07. The number of carbonyl (C=O) groups excluding carboxylic acids is 2. The molecule has 1 atom stereocenters. The molecular weight excluding hydrogens is 342 g/mol.